The molecule has 6 nitrogen and oxygen atoms in total. The van der Waals surface area contributed by atoms with Gasteiger partial charge in [0.25, 0.3) is 0 Å². The van der Waals surface area contributed by atoms with Gasteiger partial charge in [0.15, 0.2) is 0 Å². The van der Waals surface area contributed by atoms with Crippen molar-refractivity contribution in [3.05, 3.63) is 41.8 Å². The lowest BCUT2D eigenvalue weighted by molar-refractivity contribution is -0.145. The van der Waals surface area contributed by atoms with Crippen LogP contribution in [0.25, 0.3) is 0 Å². The van der Waals surface area contributed by atoms with Gasteiger partial charge in [-0.05, 0) is 11.5 Å². The van der Waals surface area contributed by atoms with Crippen molar-refractivity contribution in [3.8, 4) is 0 Å². The molecule has 0 aliphatic rings. The Morgan fingerprint density at radius 3 is 2.57 bits per heavy atom. The number of esters is 1. The first-order chi connectivity index (χ1) is 10.1. The van der Waals surface area contributed by atoms with Crippen molar-refractivity contribution in [2.45, 2.75) is 32.8 Å². The maximum atomic E-state index is 12.0. The minimum Gasteiger partial charge on any atom is -0.461 e. The molecule has 0 aliphatic heterocycles. The Balaban J connectivity index is 1.93. The molecule has 1 heterocycles. The second-order valence-electron chi connectivity index (χ2n) is 5.18. The highest BCUT2D eigenvalue weighted by Gasteiger charge is 2.25. The van der Waals surface area contributed by atoms with Crippen LogP contribution in [-0.4, -0.2) is 16.2 Å². The van der Waals surface area contributed by atoms with E-state index in [1.165, 1.54) is 0 Å². The van der Waals surface area contributed by atoms with Crippen LogP contribution in [0.15, 0.2) is 34.7 Å². The second-order valence-corrected chi connectivity index (χ2v) is 5.18. The van der Waals surface area contributed by atoms with Gasteiger partial charge in [-0.15, -0.1) is 5.10 Å². The summed E-state index contributed by atoms with van der Waals surface area (Å²) in [6.45, 7) is 4.22. The van der Waals surface area contributed by atoms with Gasteiger partial charge in [-0.3, -0.25) is 4.79 Å². The Labute approximate surface area is 123 Å². The van der Waals surface area contributed by atoms with Gasteiger partial charge in [0.05, 0.1) is 12.3 Å². The largest absolute Gasteiger partial charge is 0.461 e. The van der Waals surface area contributed by atoms with Gasteiger partial charge in [-0.2, -0.15) is 0 Å². The number of carbonyl (C=O) groups is 1. The van der Waals surface area contributed by atoms with Gasteiger partial charge >= 0.3 is 12.0 Å². The number of hydrogen-bond donors (Lipinski definition) is 1. The molecule has 0 saturated carbocycles. The first-order valence-corrected chi connectivity index (χ1v) is 6.84. The standard InChI is InChI=1S/C15H19N3O3/c1-10(2)12(14-17-18-15(16)21-14)8-13(19)20-9-11-6-4-3-5-7-11/h3-7,10,12H,8-9H2,1-2H3,(H2,16,18)/t12-/m0/s1. The molecule has 2 rings (SSSR count). The lowest BCUT2D eigenvalue weighted by atomic mass is 9.92. The molecule has 1 aromatic carbocycles. The van der Waals surface area contributed by atoms with Crippen molar-refractivity contribution >= 4 is 12.0 Å². The Morgan fingerprint density at radius 2 is 2.00 bits per heavy atom. The number of anilines is 1. The van der Waals surface area contributed by atoms with E-state index in [1.807, 2.05) is 44.2 Å². The van der Waals surface area contributed by atoms with Crippen molar-refractivity contribution < 1.29 is 13.9 Å². The summed E-state index contributed by atoms with van der Waals surface area (Å²) >= 11 is 0. The van der Waals surface area contributed by atoms with Gasteiger partial charge in [0.1, 0.15) is 6.61 Å². The molecule has 0 aliphatic carbocycles. The topological polar surface area (TPSA) is 91.2 Å². The van der Waals surface area contributed by atoms with Crippen LogP contribution in [0.5, 0.6) is 0 Å². The fourth-order valence-electron chi connectivity index (χ4n) is 1.98. The van der Waals surface area contributed by atoms with Gasteiger partial charge < -0.3 is 14.9 Å². The van der Waals surface area contributed by atoms with Crippen LogP contribution in [0.3, 0.4) is 0 Å². The highest BCUT2D eigenvalue weighted by molar-refractivity contribution is 5.70. The highest BCUT2D eigenvalue weighted by atomic mass is 16.5. The molecule has 1 atom stereocenters. The predicted octanol–water partition coefficient (Wildman–Crippen LogP) is 2.52. The zero-order chi connectivity index (χ0) is 15.2. The van der Waals surface area contributed by atoms with E-state index >= 15 is 0 Å². The molecular weight excluding hydrogens is 270 g/mol. The molecule has 2 aromatic rings. The number of carbonyl (C=O) groups excluding carboxylic acids is 1. The van der Waals surface area contributed by atoms with Crippen LogP contribution < -0.4 is 5.73 Å². The lowest BCUT2D eigenvalue weighted by Crippen LogP contribution is -2.15. The summed E-state index contributed by atoms with van der Waals surface area (Å²) in [5.74, 6) is 0.0423. The molecule has 0 fully saturated rings. The van der Waals surface area contributed by atoms with Crippen molar-refractivity contribution in [2.75, 3.05) is 5.73 Å². The maximum absolute atomic E-state index is 12.0. The monoisotopic (exact) mass is 289 g/mol. The number of nitrogen functional groups attached to an aromatic ring is 1. The molecule has 0 bridgehead atoms. The van der Waals surface area contributed by atoms with Crippen molar-refractivity contribution in [1.29, 1.82) is 0 Å². The quantitative estimate of drug-likeness (QED) is 0.822. The number of aromatic nitrogens is 2. The van der Waals surface area contributed by atoms with Crippen LogP contribution in [0.1, 0.15) is 37.6 Å². The van der Waals surface area contributed by atoms with E-state index in [4.69, 9.17) is 14.9 Å². The van der Waals surface area contributed by atoms with Gasteiger partial charge in [-0.25, -0.2) is 0 Å². The number of benzene rings is 1. The van der Waals surface area contributed by atoms with Crippen LogP contribution in [0.2, 0.25) is 0 Å². The van der Waals surface area contributed by atoms with E-state index in [-0.39, 0.29) is 36.8 Å². The lowest BCUT2D eigenvalue weighted by Gasteiger charge is -2.16. The molecule has 112 valence electrons. The number of ether oxygens (including phenoxy) is 1. The average Bonchev–Trinajstić information content (AvgIpc) is 2.89. The molecule has 0 unspecified atom stereocenters. The predicted molar refractivity (Wildman–Crippen MR) is 77.1 cm³/mol. The van der Waals surface area contributed by atoms with E-state index < -0.39 is 0 Å². The first kappa shape index (κ1) is 15.0. The Kier molecular flexibility index (Phi) is 4.92. The van der Waals surface area contributed by atoms with Crippen LogP contribution >= 0.6 is 0 Å². The molecule has 0 radical (unpaired) electrons. The average molecular weight is 289 g/mol. The summed E-state index contributed by atoms with van der Waals surface area (Å²) < 4.78 is 10.5. The molecule has 1 aromatic heterocycles. The summed E-state index contributed by atoms with van der Waals surface area (Å²) in [5.41, 5.74) is 6.38. The number of hydrogen-bond acceptors (Lipinski definition) is 6. The number of rotatable bonds is 6. The van der Waals surface area contributed by atoms with Crippen LogP contribution in [0, 0.1) is 5.92 Å². The van der Waals surface area contributed by atoms with Crippen LogP contribution in [-0.2, 0) is 16.1 Å². The fraction of sp³-hybridized carbons (Fsp3) is 0.400. The molecule has 2 N–H and O–H groups in total. The van der Waals surface area contributed by atoms with E-state index in [2.05, 4.69) is 10.2 Å². The molecule has 0 amide bonds. The van der Waals surface area contributed by atoms with Crippen molar-refractivity contribution in [2.24, 2.45) is 5.92 Å². The van der Waals surface area contributed by atoms with Gasteiger partial charge in [0.2, 0.25) is 5.89 Å². The third kappa shape index (κ3) is 4.30. The van der Waals surface area contributed by atoms with Crippen molar-refractivity contribution in [3.63, 3.8) is 0 Å². The summed E-state index contributed by atoms with van der Waals surface area (Å²) in [5, 5.41) is 7.49. The second kappa shape index (κ2) is 6.88. The third-order valence-corrected chi connectivity index (χ3v) is 3.21. The summed E-state index contributed by atoms with van der Waals surface area (Å²) in [6.07, 6.45) is 0.187. The molecule has 0 spiro atoms. The van der Waals surface area contributed by atoms with Gasteiger partial charge in [-0.1, -0.05) is 49.3 Å². The number of nitrogens with two attached hydrogens (primary N) is 1. The van der Waals surface area contributed by atoms with E-state index in [0.717, 1.165) is 5.56 Å². The normalized spacial score (nSPS) is 12.3. The van der Waals surface area contributed by atoms with E-state index in [1.54, 1.807) is 0 Å². The Bertz CT molecular complexity index is 581. The zero-order valence-corrected chi connectivity index (χ0v) is 12.2. The summed E-state index contributed by atoms with van der Waals surface area (Å²) in [4.78, 5) is 12.0. The zero-order valence-electron chi connectivity index (χ0n) is 12.2. The first-order valence-electron chi connectivity index (χ1n) is 6.84. The summed E-state index contributed by atoms with van der Waals surface area (Å²) in [6, 6.07) is 9.55. The highest BCUT2D eigenvalue weighted by Crippen LogP contribution is 2.27. The molecular formula is C15H19N3O3. The smallest absolute Gasteiger partial charge is 0.312 e. The van der Waals surface area contributed by atoms with Gasteiger partial charge in [0, 0.05) is 0 Å². The third-order valence-electron chi connectivity index (χ3n) is 3.21. The van der Waals surface area contributed by atoms with Crippen molar-refractivity contribution in [1.82, 2.24) is 10.2 Å². The molecule has 0 saturated heterocycles. The fourth-order valence-corrected chi connectivity index (χ4v) is 1.98. The summed E-state index contributed by atoms with van der Waals surface area (Å²) in [7, 11) is 0. The molecule has 6 heteroatoms. The minimum atomic E-state index is -0.297. The number of nitrogens with zero attached hydrogens (tertiary/aromatic N) is 2. The SMILES string of the molecule is CC(C)[C@H](CC(=O)OCc1ccccc1)c1nnc(N)o1. The minimum absolute atomic E-state index is 0.00769. The van der Waals surface area contributed by atoms with E-state index in [9.17, 15) is 4.79 Å². The maximum Gasteiger partial charge on any atom is 0.312 e. The Hall–Kier alpha value is -2.37. The van der Waals surface area contributed by atoms with Crippen LogP contribution in [0.4, 0.5) is 6.01 Å². The van der Waals surface area contributed by atoms with E-state index in [0.29, 0.717) is 5.89 Å². The molecule has 21 heavy (non-hydrogen) atoms. The Morgan fingerprint density at radius 1 is 1.29 bits per heavy atom.